The van der Waals surface area contributed by atoms with Crippen molar-refractivity contribution in [3.05, 3.63) is 34.8 Å². The number of rotatable bonds is 4. The van der Waals surface area contributed by atoms with Gasteiger partial charge in [-0.3, -0.25) is 0 Å². The van der Waals surface area contributed by atoms with E-state index in [1.807, 2.05) is 6.92 Å². The van der Waals surface area contributed by atoms with Crippen LogP contribution in [0.3, 0.4) is 0 Å². The zero-order valence-electron chi connectivity index (χ0n) is 10.0. The van der Waals surface area contributed by atoms with Crippen molar-refractivity contribution in [3.63, 3.8) is 0 Å². The number of benzene rings is 1. The maximum atomic E-state index is 11.3. The van der Waals surface area contributed by atoms with Gasteiger partial charge in [-0.2, -0.15) is 0 Å². The molecule has 96 valence electrons. The van der Waals surface area contributed by atoms with E-state index < -0.39 is 9.84 Å². The molecule has 0 fully saturated rings. The summed E-state index contributed by atoms with van der Waals surface area (Å²) in [4.78, 5) is 0.331. The second kappa shape index (κ2) is 5.03. The van der Waals surface area contributed by atoms with Gasteiger partial charge in [0.1, 0.15) is 5.01 Å². The molecule has 0 aliphatic heterocycles. The van der Waals surface area contributed by atoms with E-state index in [1.54, 1.807) is 24.3 Å². The van der Waals surface area contributed by atoms with Gasteiger partial charge in [-0.15, -0.1) is 10.2 Å². The maximum Gasteiger partial charge on any atom is 0.205 e. The fourth-order valence-electron chi connectivity index (χ4n) is 1.40. The molecule has 1 aromatic carbocycles. The average Bonchev–Trinajstić information content (AvgIpc) is 2.72. The molecule has 0 saturated heterocycles. The Labute approximate surface area is 110 Å². The first-order valence-electron chi connectivity index (χ1n) is 5.28. The summed E-state index contributed by atoms with van der Waals surface area (Å²) >= 11 is 1.49. The van der Waals surface area contributed by atoms with E-state index in [0.29, 0.717) is 11.4 Å². The van der Waals surface area contributed by atoms with Crippen LogP contribution in [0.25, 0.3) is 0 Å². The monoisotopic (exact) mass is 283 g/mol. The SMILES string of the molecule is Cc1nnc(NCc2ccc(S(C)(=O)=O)cc2)s1. The first-order valence-corrected chi connectivity index (χ1v) is 7.99. The number of sulfone groups is 1. The molecule has 0 unspecified atom stereocenters. The summed E-state index contributed by atoms with van der Waals surface area (Å²) in [5.74, 6) is 0. The van der Waals surface area contributed by atoms with Gasteiger partial charge in [0.05, 0.1) is 4.90 Å². The normalized spacial score (nSPS) is 11.4. The molecule has 1 N–H and O–H groups in total. The lowest BCUT2D eigenvalue weighted by Crippen LogP contribution is -2.01. The van der Waals surface area contributed by atoms with Crippen LogP contribution >= 0.6 is 11.3 Å². The lowest BCUT2D eigenvalue weighted by molar-refractivity contribution is 0.602. The van der Waals surface area contributed by atoms with Gasteiger partial charge >= 0.3 is 0 Å². The fourth-order valence-corrected chi connectivity index (χ4v) is 2.62. The van der Waals surface area contributed by atoms with Crippen LogP contribution in [0, 0.1) is 6.92 Å². The van der Waals surface area contributed by atoms with Gasteiger partial charge < -0.3 is 5.32 Å². The van der Waals surface area contributed by atoms with Gasteiger partial charge in [0.25, 0.3) is 0 Å². The lowest BCUT2D eigenvalue weighted by atomic mass is 10.2. The average molecular weight is 283 g/mol. The van der Waals surface area contributed by atoms with E-state index in [9.17, 15) is 8.42 Å². The smallest absolute Gasteiger partial charge is 0.205 e. The van der Waals surface area contributed by atoms with Crippen LogP contribution in [0.5, 0.6) is 0 Å². The van der Waals surface area contributed by atoms with Crippen molar-refractivity contribution in [2.45, 2.75) is 18.4 Å². The Morgan fingerprint density at radius 1 is 1.22 bits per heavy atom. The van der Waals surface area contributed by atoms with Gasteiger partial charge in [0, 0.05) is 12.8 Å². The standard InChI is InChI=1S/C11H13N3O2S2/c1-8-13-14-11(17-8)12-7-9-3-5-10(6-4-9)18(2,15)16/h3-6H,7H2,1-2H3,(H,12,14). The molecule has 0 saturated carbocycles. The summed E-state index contributed by atoms with van der Waals surface area (Å²) < 4.78 is 22.6. The van der Waals surface area contributed by atoms with Crippen molar-refractivity contribution < 1.29 is 8.42 Å². The number of hydrogen-bond acceptors (Lipinski definition) is 6. The minimum absolute atomic E-state index is 0.331. The van der Waals surface area contributed by atoms with Crippen LogP contribution in [-0.2, 0) is 16.4 Å². The van der Waals surface area contributed by atoms with Crippen LogP contribution in [0.4, 0.5) is 5.13 Å². The molecule has 2 rings (SSSR count). The highest BCUT2D eigenvalue weighted by Crippen LogP contribution is 2.16. The van der Waals surface area contributed by atoms with Crippen LogP contribution in [0.1, 0.15) is 10.6 Å². The predicted molar refractivity (Wildman–Crippen MR) is 71.5 cm³/mol. The lowest BCUT2D eigenvalue weighted by Gasteiger charge is -2.03. The molecule has 1 heterocycles. The molecule has 0 aliphatic carbocycles. The van der Waals surface area contributed by atoms with Gasteiger partial charge in [-0.05, 0) is 24.6 Å². The van der Waals surface area contributed by atoms with E-state index in [-0.39, 0.29) is 0 Å². The van der Waals surface area contributed by atoms with Gasteiger partial charge in [0.2, 0.25) is 5.13 Å². The molecule has 1 aromatic heterocycles. The van der Waals surface area contributed by atoms with Crippen molar-refractivity contribution in [3.8, 4) is 0 Å². The van der Waals surface area contributed by atoms with Crippen LogP contribution < -0.4 is 5.32 Å². The second-order valence-corrected chi connectivity index (χ2v) is 7.09. The summed E-state index contributed by atoms with van der Waals surface area (Å²) in [6, 6.07) is 6.80. The summed E-state index contributed by atoms with van der Waals surface area (Å²) in [5, 5.41) is 12.7. The highest BCUT2D eigenvalue weighted by molar-refractivity contribution is 7.90. The largest absolute Gasteiger partial charge is 0.356 e. The third-order valence-electron chi connectivity index (χ3n) is 2.32. The fraction of sp³-hybridized carbons (Fsp3) is 0.273. The van der Waals surface area contributed by atoms with E-state index in [2.05, 4.69) is 15.5 Å². The topological polar surface area (TPSA) is 72.0 Å². The van der Waals surface area contributed by atoms with E-state index in [1.165, 1.54) is 17.6 Å². The van der Waals surface area contributed by atoms with E-state index in [4.69, 9.17) is 0 Å². The molecule has 0 spiro atoms. The number of nitrogens with zero attached hydrogens (tertiary/aromatic N) is 2. The zero-order chi connectivity index (χ0) is 13.2. The first-order chi connectivity index (χ1) is 8.45. The third-order valence-corrected chi connectivity index (χ3v) is 4.25. The van der Waals surface area contributed by atoms with Gasteiger partial charge in [-0.25, -0.2) is 8.42 Å². The molecule has 0 atom stereocenters. The molecule has 2 aromatic rings. The first kappa shape index (κ1) is 13.0. The van der Waals surface area contributed by atoms with Crippen LogP contribution in [0.15, 0.2) is 29.2 Å². The Morgan fingerprint density at radius 3 is 2.39 bits per heavy atom. The van der Waals surface area contributed by atoms with Crippen LogP contribution in [0.2, 0.25) is 0 Å². The number of anilines is 1. The highest BCUT2D eigenvalue weighted by atomic mass is 32.2. The molecule has 0 bridgehead atoms. The van der Waals surface area contributed by atoms with E-state index in [0.717, 1.165) is 15.7 Å². The van der Waals surface area contributed by atoms with Crippen molar-refractivity contribution in [2.24, 2.45) is 0 Å². The number of hydrogen-bond donors (Lipinski definition) is 1. The Kier molecular flexibility index (Phi) is 3.63. The zero-order valence-corrected chi connectivity index (χ0v) is 11.7. The number of aromatic nitrogens is 2. The Morgan fingerprint density at radius 2 is 1.89 bits per heavy atom. The van der Waals surface area contributed by atoms with Crippen molar-refractivity contribution in [2.75, 3.05) is 11.6 Å². The molecule has 0 aliphatic rings. The number of aryl methyl sites for hydroxylation is 1. The van der Waals surface area contributed by atoms with Crippen LogP contribution in [-0.4, -0.2) is 24.9 Å². The summed E-state index contributed by atoms with van der Waals surface area (Å²) in [5.41, 5.74) is 0.996. The Balaban J connectivity index is 2.03. The molecular weight excluding hydrogens is 270 g/mol. The minimum atomic E-state index is -3.12. The van der Waals surface area contributed by atoms with Crippen molar-refractivity contribution >= 4 is 26.3 Å². The van der Waals surface area contributed by atoms with Gasteiger partial charge in [-0.1, -0.05) is 23.5 Å². The summed E-state index contributed by atoms with van der Waals surface area (Å²) in [6.45, 7) is 2.49. The highest BCUT2D eigenvalue weighted by Gasteiger charge is 2.06. The molecule has 7 heteroatoms. The maximum absolute atomic E-state index is 11.3. The van der Waals surface area contributed by atoms with Gasteiger partial charge in [0.15, 0.2) is 9.84 Å². The quantitative estimate of drug-likeness (QED) is 0.927. The molecule has 5 nitrogen and oxygen atoms in total. The summed E-state index contributed by atoms with van der Waals surface area (Å²) in [7, 11) is -3.12. The van der Waals surface area contributed by atoms with E-state index >= 15 is 0 Å². The number of nitrogens with one attached hydrogen (secondary N) is 1. The molecule has 18 heavy (non-hydrogen) atoms. The Bertz CT molecular complexity index is 633. The second-order valence-electron chi connectivity index (χ2n) is 3.90. The summed E-state index contributed by atoms with van der Waals surface area (Å²) in [6.07, 6.45) is 1.20. The third kappa shape index (κ3) is 3.27. The van der Waals surface area contributed by atoms with Crippen molar-refractivity contribution in [1.82, 2.24) is 10.2 Å². The Hall–Kier alpha value is -1.47. The minimum Gasteiger partial charge on any atom is -0.356 e. The van der Waals surface area contributed by atoms with Crippen molar-refractivity contribution in [1.29, 1.82) is 0 Å². The molecular formula is C11H13N3O2S2. The molecule has 0 amide bonds. The predicted octanol–water partition coefficient (Wildman–Crippen LogP) is 1.86. The molecule has 0 radical (unpaired) electrons.